The van der Waals surface area contributed by atoms with Gasteiger partial charge in [0.25, 0.3) is 0 Å². The Morgan fingerprint density at radius 1 is 1.16 bits per heavy atom. The lowest BCUT2D eigenvalue weighted by Gasteiger charge is -2.24. The molecule has 1 aliphatic heterocycles. The molecule has 2 heteroatoms. The van der Waals surface area contributed by atoms with E-state index in [-0.39, 0.29) is 5.83 Å². The van der Waals surface area contributed by atoms with Gasteiger partial charge in [-0.3, -0.25) is 0 Å². The lowest BCUT2D eigenvalue weighted by atomic mass is 9.87. The van der Waals surface area contributed by atoms with E-state index in [9.17, 15) is 4.39 Å². The molecule has 108 valence electrons. The average molecular weight is 266 g/mol. The smallest absolute Gasteiger partial charge is 0.100 e. The Morgan fingerprint density at radius 2 is 1.74 bits per heavy atom. The summed E-state index contributed by atoms with van der Waals surface area (Å²) in [5.41, 5.74) is 3.48. The lowest BCUT2D eigenvalue weighted by Crippen LogP contribution is -2.17. The largest absolute Gasteiger partial charge is 0.381 e. The second-order valence-corrected chi connectivity index (χ2v) is 5.07. The predicted octanol–water partition coefficient (Wildman–Crippen LogP) is 5.35. The van der Waals surface area contributed by atoms with E-state index >= 15 is 0 Å². The second-order valence-electron chi connectivity index (χ2n) is 5.07. The molecule has 0 aromatic rings. The van der Waals surface area contributed by atoms with Gasteiger partial charge in [0.2, 0.25) is 0 Å². The second kappa shape index (κ2) is 8.31. The van der Waals surface area contributed by atoms with Crippen LogP contribution in [0.2, 0.25) is 0 Å². The van der Waals surface area contributed by atoms with Gasteiger partial charge in [-0.2, -0.15) is 0 Å². The summed E-state index contributed by atoms with van der Waals surface area (Å²) in [7, 11) is 0. The summed E-state index contributed by atoms with van der Waals surface area (Å²) in [5.74, 6) is 0.277. The quantitative estimate of drug-likeness (QED) is 0.609. The molecule has 0 radical (unpaired) electrons. The van der Waals surface area contributed by atoms with Crippen LogP contribution in [0.15, 0.2) is 34.7 Å². The molecule has 1 rings (SSSR count). The fraction of sp³-hybridized carbons (Fsp3) is 0.647. The van der Waals surface area contributed by atoms with Crippen LogP contribution < -0.4 is 0 Å². The maximum Gasteiger partial charge on any atom is 0.100 e. The van der Waals surface area contributed by atoms with E-state index < -0.39 is 0 Å². The fourth-order valence-electron chi connectivity index (χ4n) is 2.73. The van der Waals surface area contributed by atoms with Crippen molar-refractivity contribution < 1.29 is 9.13 Å². The molecule has 0 amide bonds. The Balaban J connectivity index is 3.02. The molecule has 0 N–H and O–H groups in total. The van der Waals surface area contributed by atoms with Gasteiger partial charge in [0.15, 0.2) is 0 Å². The Morgan fingerprint density at radius 3 is 2.16 bits per heavy atom. The molecule has 1 heterocycles. The van der Waals surface area contributed by atoms with Gasteiger partial charge in [0.05, 0.1) is 0 Å². The number of hydrogen-bond donors (Lipinski definition) is 0. The number of halogens is 1. The van der Waals surface area contributed by atoms with Crippen LogP contribution >= 0.6 is 0 Å². The van der Waals surface area contributed by atoms with Gasteiger partial charge in [-0.05, 0) is 62.2 Å². The third-order valence-electron chi connectivity index (χ3n) is 3.91. The molecule has 0 aromatic carbocycles. The van der Waals surface area contributed by atoms with Crippen molar-refractivity contribution in [1.29, 1.82) is 0 Å². The van der Waals surface area contributed by atoms with Crippen LogP contribution in [-0.2, 0) is 4.74 Å². The monoisotopic (exact) mass is 266 g/mol. The van der Waals surface area contributed by atoms with E-state index in [1.165, 1.54) is 11.1 Å². The summed E-state index contributed by atoms with van der Waals surface area (Å²) >= 11 is 0. The van der Waals surface area contributed by atoms with E-state index in [2.05, 4.69) is 32.9 Å². The van der Waals surface area contributed by atoms with Crippen molar-refractivity contribution in [1.82, 2.24) is 0 Å². The summed E-state index contributed by atoms with van der Waals surface area (Å²) in [6.45, 7) is 9.43. The predicted molar refractivity (Wildman–Crippen MR) is 79.8 cm³/mol. The number of hydrogen-bond acceptors (Lipinski definition) is 1. The van der Waals surface area contributed by atoms with E-state index in [4.69, 9.17) is 4.74 Å². The highest BCUT2D eigenvalue weighted by Crippen LogP contribution is 2.30. The molecule has 1 nitrogen and oxygen atoms in total. The van der Waals surface area contributed by atoms with Crippen LogP contribution in [-0.4, -0.2) is 13.2 Å². The van der Waals surface area contributed by atoms with Gasteiger partial charge in [-0.25, -0.2) is 4.39 Å². The van der Waals surface area contributed by atoms with Gasteiger partial charge in [0, 0.05) is 13.2 Å². The van der Waals surface area contributed by atoms with Gasteiger partial charge in [-0.1, -0.05) is 26.0 Å². The molecule has 1 aliphatic rings. The molecule has 0 bridgehead atoms. The summed E-state index contributed by atoms with van der Waals surface area (Å²) < 4.78 is 19.3. The van der Waals surface area contributed by atoms with Gasteiger partial charge in [0.1, 0.15) is 5.83 Å². The van der Waals surface area contributed by atoms with Gasteiger partial charge >= 0.3 is 0 Å². The van der Waals surface area contributed by atoms with Crippen LogP contribution in [0.1, 0.15) is 53.4 Å². The molecule has 1 saturated heterocycles. The topological polar surface area (TPSA) is 9.23 Å². The Hall–Kier alpha value is -0.890. The summed E-state index contributed by atoms with van der Waals surface area (Å²) in [5, 5.41) is 0. The zero-order chi connectivity index (χ0) is 14.3. The summed E-state index contributed by atoms with van der Waals surface area (Å²) in [6, 6.07) is 0. The highest BCUT2D eigenvalue weighted by atomic mass is 19.1. The third-order valence-corrected chi connectivity index (χ3v) is 3.91. The minimum atomic E-state index is -0.0376. The van der Waals surface area contributed by atoms with E-state index in [0.717, 1.165) is 44.5 Å². The van der Waals surface area contributed by atoms with Crippen LogP contribution in [0.25, 0.3) is 0 Å². The van der Waals surface area contributed by atoms with E-state index in [1.54, 1.807) is 6.92 Å². The molecule has 19 heavy (non-hydrogen) atoms. The highest BCUT2D eigenvalue weighted by molar-refractivity contribution is 5.38. The third kappa shape index (κ3) is 4.61. The number of allylic oxidation sites excluding steroid dienone is 6. The normalized spacial score (nSPS) is 20.5. The van der Waals surface area contributed by atoms with Crippen molar-refractivity contribution in [3.63, 3.8) is 0 Å². The molecule has 0 atom stereocenters. The zero-order valence-electron chi connectivity index (χ0n) is 12.8. The van der Waals surface area contributed by atoms with Crippen molar-refractivity contribution in [3.8, 4) is 0 Å². The van der Waals surface area contributed by atoms with E-state index in [1.807, 2.05) is 0 Å². The molecule has 0 saturated carbocycles. The first-order valence-electron chi connectivity index (χ1n) is 7.44. The average Bonchev–Trinajstić information content (AvgIpc) is 2.44. The number of ether oxygens (including phenoxy) is 1. The maximum atomic E-state index is 13.9. The van der Waals surface area contributed by atoms with Crippen LogP contribution in [0, 0.1) is 5.92 Å². The van der Waals surface area contributed by atoms with Crippen LogP contribution in [0.5, 0.6) is 0 Å². The molecule has 0 spiro atoms. The van der Waals surface area contributed by atoms with Crippen LogP contribution in [0.4, 0.5) is 4.39 Å². The first-order chi connectivity index (χ1) is 9.13. The molecule has 0 unspecified atom stereocenters. The molecule has 0 aromatic heterocycles. The molecule has 1 fully saturated rings. The SMILES string of the molecule is C\C=C(CC)/C(=C\C(=C(/C)F)C1CCOCC1)CC. The summed E-state index contributed by atoms with van der Waals surface area (Å²) in [6.07, 6.45) is 8.05. The minimum Gasteiger partial charge on any atom is -0.381 e. The lowest BCUT2D eigenvalue weighted by molar-refractivity contribution is 0.0760. The van der Waals surface area contributed by atoms with Gasteiger partial charge in [-0.15, -0.1) is 0 Å². The maximum absolute atomic E-state index is 13.9. The summed E-state index contributed by atoms with van der Waals surface area (Å²) in [4.78, 5) is 0. The minimum absolute atomic E-state index is 0.0376. The Kier molecular flexibility index (Phi) is 7.07. The standard InChI is InChI=1S/C17H27FO/c1-5-14(6-2)15(7-3)12-17(13(4)18)16-8-10-19-11-9-16/h5,12,16H,6-11H2,1-4H3/b14-5-,15-12-,17-13-. The number of rotatable bonds is 5. The first-order valence-corrected chi connectivity index (χ1v) is 7.44. The first kappa shape index (κ1) is 16.2. The van der Waals surface area contributed by atoms with Crippen LogP contribution in [0.3, 0.4) is 0 Å². The van der Waals surface area contributed by atoms with Gasteiger partial charge < -0.3 is 4.74 Å². The van der Waals surface area contributed by atoms with Crippen molar-refractivity contribution in [2.24, 2.45) is 5.92 Å². The highest BCUT2D eigenvalue weighted by Gasteiger charge is 2.19. The Bertz CT molecular complexity index is 367. The molecular weight excluding hydrogens is 239 g/mol. The molecular formula is C17H27FO. The van der Waals surface area contributed by atoms with Crippen molar-refractivity contribution >= 4 is 0 Å². The zero-order valence-corrected chi connectivity index (χ0v) is 12.8. The van der Waals surface area contributed by atoms with Crippen molar-refractivity contribution in [2.45, 2.75) is 53.4 Å². The Labute approximate surface area is 117 Å². The van der Waals surface area contributed by atoms with Crippen molar-refractivity contribution in [3.05, 3.63) is 34.7 Å². The fourth-order valence-corrected chi connectivity index (χ4v) is 2.73. The van der Waals surface area contributed by atoms with E-state index in [0.29, 0.717) is 5.92 Å². The molecule has 0 aliphatic carbocycles. The van der Waals surface area contributed by atoms with Crippen molar-refractivity contribution in [2.75, 3.05) is 13.2 Å².